The van der Waals surface area contributed by atoms with E-state index in [4.69, 9.17) is 23.2 Å². The van der Waals surface area contributed by atoms with E-state index < -0.39 is 5.91 Å². The number of anilines is 1. The monoisotopic (exact) mass is 293 g/mol. The highest BCUT2D eigenvalue weighted by molar-refractivity contribution is 6.32. The zero-order valence-corrected chi connectivity index (χ0v) is 11.2. The Morgan fingerprint density at radius 2 is 1.63 bits per heavy atom. The average molecular weight is 294 g/mol. The van der Waals surface area contributed by atoms with Crippen LogP contribution in [-0.4, -0.2) is 12.3 Å². The predicted octanol–water partition coefficient (Wildman–Crippen LogP) is 3.80. The van der Waals surface area contributed by atoms with Crippen LogP contribution in [0, 0.1) is 0 Å². The fraction of sp³-hybridized carbons (Fsp3) is 0. The predicted molar refractivity (Wildman–Crippen MR) is 75.8 cm³/mol. The van der Waals surface area contributed by atoms with Gasteiger partial charge in [0, 0.05) is 15.6 Å². The summed E-state index contributed by atoms with van der Waals surface area (Å²) in [4.78, 5) is 24.4. The Bertz CT molecular complexity index is 628. The molecule has 0 saturated heterocycles. The SMILES string of the molecule is O=CN(C(=O)c1cccc(Cl)c1)c1cccc(Cl)c1. The summed E-state index contributed by atoms with van der Waals surface area (Å²) < 4.78 is 0. The second kappa shape index (κ2) is 5.87. The second-order valence-corrected chi connectivity index (χ2v) is 4.64. The smallest absolute Gasteiger partial charge is 0.264 e. The van der Waals surface area contributed by atoms with Gasteiger partial charge in [0.15, 0.2) is 0 Å². The van der Waals surface area contributed by atoms with Crippen molar-refractivity contribution in [1.29, 1.82) is 0 Å². The highest BCUT2D eigenvalue weighted by Gasteiger charge is 2.17. The van der Waals surface area contributed by atoms with Gasteiger partial charge >= 0.3 is 0 Å². The van der Waals surface area contributed by atoms with Crippen LogP contribution in [0.25, 0.3) is 0 Å². The Morgan fingerprint density at radius 3 is 2.21 bits per heavy atom. The van der Waals surface area contributed by atoms with E-state index in [1.165, 1.54) is 6.07 Å². The van der Waals surface area contributed by atoms with Crippen LogP contribution in [0.2, 0.25) is 10.0 Å². The van der Waals surface area contributed by atoms with Crippen molar-refractivity contribution in [2.75, 3.05) is 4.90 Å². The summed E-state index contributed by atoms with van der Waals surface area (Å²) in [5.74, 6) is -0.459. The Hall–Kier alpha value is -1.84. The molecule has 0 aliphatic heterocycles. The van der Waals surface area contributed by atoms with Gasteiger partial charge in [-0.05, 0) is 36.4 Å². The molecule has 2 rings (SSSR count). The first-order valence-electron chi connectivity index (χ1n) is 5.42. The van der Waals surface area contributed by atoms with Crippen LogP contribution < -0.4 is 4.90 Å². The highest BCUT2D eigenvalue weighted by atomic mass is 35.5. The van der Waals surface area contributed by atoms with Crippen molar-refractivity contribution in [2.45, 2.75) is 0 Å². The number of rotatable bonds is 3. The summed E-state index contributed by atoms with van der Waals surface area (Å²) in [5.41, 5.74) is 0.743. The van der Waals surface area contributed by atoms with Crippen LogP contribution in [0.5, 0.6) is 0 Å². The summed E-state index contributed by atoms with van der Waals surface area (Å²) in [5, 5.41) is 0.881. The minimum atomic E-state index is -0.459. The fourth-order valence-electron chi connectivity index (χ4n) is 1.61. The maximum absolute atomic E-state index is 12.2. The summed E-state index contributed by atoms with van der Waals surface area (Å²) in [6.07, 6.45) is 0.453. The van der Waals surface area contributed by atoms with Crippen LogP contribution in [0.4, 0.5) is 5.69 Å². The molecule has 19 heavy (non-hydrogen) atoms. The molecule has 2 aromatic rings. The van der Waals surface area contributed by atoms with Crippen molar-refractivity contribution in [3.8, 4) is 0 Å². The lowest BCUT2D eigenvalue weighted by atomic mass is 10.2. The molecule has 0 N–H and O–H groups in total. The molecule has 0 unspecified atom stereocenters. The van der Waals surface area contributed by atoms with Gasteiger partial charge in [0.2, 0.25) is 6.41 Å². The fourth-order valence-corrected chi connectivity index (χ4v) is 1.99. The third-order valence-electron chi connectivity index (χ3n) is 2.48. The Balaban J connectivity index is 2.37. The molecule has 0 heterocycles. The van der Waals surface area contributed by atoms with Gasteiger partial charge in [-0.3, -0.25) is 9.59 Å². The number of carbonyl (C=O) groups excluding carboxylic acids is 2. The number of hydrogen-bond donors (Lipinski definition) is 0. The zero-order chi connectivity index (χ0) is 13.8. The number of carbonyl (C=O) groups is 2. The molecule has 0 aliphatic carbocycles. The molecule has 3 nitrogen and oxygen atoms in total. The van der Waals surface area contributed by atoms with Crippen molar-refractivity contribution >= 4 is 41.2 Å². The standard InChI is InChI=1S/C14H9Cl2NO2/c15-11-4-1-3-10(7-11)14(19)17(9-18)13-6-2-5-12(16)8-13/h1-9H. The van der Waals surface area contributed by atoms with Crippen LogP contribution in [-0.2, 0) is 4.79 Å². The molecular weight excluding hydrogens is 285 g/mol. The molecule has 5 heteroatoms. The molecular formula is C14H9Cl2NO2. The van der Waals surface area contributed by atoms with Gasteiger partial charge < -0.3 is 0 Å². The number of halogens is 2. The van der Waals surface area contributed by atoms with Gasteiger partial charge in [0.1, 0.15) is 0 Å². The van der Waals surface area contributed by atoms with Gasteiger partial charge in [0.05, 0.1) is 5.69 Å². The minimum Gasteiger partial charge on any atom is -0.278 e. The van der Waals surface area contributed by atoms with Crippen LogP contribution in [0.3, 0.4) is 0 Å². The van der Waals surface area contributed by atoms with Gasteiger partial charge in [-0.2, -0.15) is 0 Å². The molecule has 0 atom stereocenters. The lowest BCUT2D eigenvalue weighted by molar-refractivity contribution is -0.106. The lowest BCUT2D eigenvalue weighted by Gasteiger charge is -2.15. The van der Waals surface area contributed by atoms with Gasteiger partial charge in [0.25, 0.3) is 5.91 Å². The van der Waals surface area contributed by atoms with E-state index in [1.54, 1.807) is 42.5 Å². The summed E-state index contributed by atoms with van der Waals surface area (Å²) >= 11 is 11.7. The third kappa shape index (κ3) is 3.13. The molecule has 0 aromatic heterocycles. The summed E-state index contributed by atoms with van der Waals surface area (Å²) in [6.45, 7) is 0. The minimum absolute atomic E-state index is 0.333. The van der Waals surface area contributed by atoms with E-state index in [-0.39, 0.29) is 0 Å². The number of imide groups is 1. The molecule has 2 amide bonds. The summed E-state index contributed by atoms with van der Waals surface area (Å²) in [6, 6.07) is 12.9. The first-order valence-corrected chi connectivity index (χ1v) is 6.17. The number of nitrogens with zero attached hydrogens (tertiary/aromatic N) is 1. The second-order valence-electron chi connectivity index (χ2n) is 3.77. The van der Waals surface area contributed by atoms with Crippen molar-refractivity contribution in [3.05, 3.63) is 64.1 Å². The quantitative estimate of drug-likeness (QED) is 0.807. The van der Waals surface area contributed by atoms with Crippen molar-refractivity contribution in [1.82, 2.24) is 0 Å². The lowest BCUT2D eigenvalue weighted by Crippen LogP contribution is -2.29. The molecule has 2 aromatic carbocycles. The number of amides is 2. The number of hydrogen-bond acceptors (Lipinski definition) is 2. The first-order chi connectivity index (χ1) is 9.11. The Morgan fingerprint density at radius 1 is 1.00 bits per heavy atom. The molecule has 0 bridgehead atoms. The zero-order valence-electron chi connectivity index (χ0n) is 9.72. The van der Waals surface area contributed by atoms with Crippen molar-refractivity contribution < 1.29 is 9.59 Å². The summed E-state index contributed by atoms with van der Waals surface area (Å²) in [7, 11) is 0. The maximum Gasteiger partial charge on any atom is 0.264 e. The molecule has 0 saturated carbocycles. The van der Waals surface area contributed by atoms with E-state index in [0.29, 0.717) is 27.7 Å². The van der Waals surface area contributed by atoms with E-state index in [9.17, 15) is 9.59 Å². The van der Waals surface area contributed by atoms with Gasteiger partial charge in [-0.25, -0.2) is 4.90 Å². The third-order valence-corrected chi connectivity index (χ3v) is 2.95. The molecule has 0 spiro atoms. The molecule has 96 valence electrons. The molecule has 0 fully saturated rings. The number of benzene rings is 2. The first kappa shape index (κ1) is 13.6. The van der Waals surface area contributed by atoms with Crippen LogP contribution >= 0.6 is 23.2 Å². The topological polar surface area (TPSA) is 37.4 Å². The molecule has 0 radical (unpaired) electrons. The van der Waals surface area contributed by atoms with Gasteiger partial charge in [-0.15, -0.1) is 0 Å². The maximum atomic E-state index is 12.2. The van der Waals surface area contributed by atoms with Crippen molar-refractivity contribution in [2.24, 2.45) is 0 Å². The normalized spacial score (nSPS) is 10.0. The molecule has 0 aliphatic rings. The van der Waals surface area contributed by atoms with Gasteiger partial charge in [-0.1, -0.05) is 35.3 Å². The largest absolute Gasteiger partial charge is 0.278 e. The van der Waals surface area contributed by atoms with E-state index in [1.807, 2.05) is 0 Å². The van der Waals surface area contributed by atoms with E-state index >= 15 is 0 Å². The Kier molecular flexibility index (Phi) is 4.20. The van der Waals surface area contributed by atoms with Crippen LogP contribution in [0.1, 0.15) is 10.4 Å². The van der Waals surface area contributed by atoms with E-state index in [2.05, 4.69) is 0 Å². The Labute approximate surface area is 120 Å². The van der Waals surface area contributed by atoms with Crippen molar-refractivity contribution in [3.63, 3.8) is 0 Å². The highest BCUT2D eigenvalue weighted by Crippen LogP contribution is 2.21. The van der Waals surface area contributed by atoms with Crippen LogP contribution in [0.15, 0.2) is 48.5 Å². The van der Waals surface area contributed by atoms with E-state index in [0.717, 1.165) is 4.90 Å². The average Bonchev–Trinajstić information content (AvgIpc) is 2.39.